The van der Waals surface area contributed by atoms with E-state index in [1.807, 2.05) is 0 Å². The van der Waals surface area contributed by atoms with Crippen LogP contribution >= 0.6 is 0 Å². The number of nitro groups is 1. The quantitative estimate of drug-likeness (QED) is 0.474. The first kappa shape index (κ1) is 18.1. The van der Waals surface area contributed by atoms with Gasteiger partial charge in [0.05, 0.1) is 24.0 Å². The minimum absolute atomic E-state index is 0.111. The van der Waals surface area contributed by atoms with Gasteiger partial charge in [0.25, 0.3) is 11.6 Å². The van der Waals surface area contributed by atoms with Crippen LogP contribution in [0.5, 0.6) is 0 Å². The Kier molecular flexibility index (Phi) is 6.22. The summed E-state index contributed by atoms with van der Waals surface area (Å²) in [6, 6.07) is 13.6. The largest absolute Gasteiger partial charge is 0.466 e. The molecule has 25 heavy (non-hydrogen) atoms. The molecule has 1 atom stereocenters. The summed E-state index contributed by atoms with van der Waals surface area (Å²) in [6.45, 7) is 1.90. The lowest BCUT2D eigenvalue weighted by molar-refractivity contribution is -0.384. The Morgan fingerprint density at radius 3 is 2.52 bits per heavy atom. The highest BCUT2D eigenvalue weighted by atomic mass is 16.6. The molecule has 0 bridgehead atoms. The van der Waals surface area contributed by atoms with E-state index in [0.29, 0.717) is 11.1 Å². The summed E-state index contributed by atoms with van der Waals surface area (Å²) in [5.41, 5.74) is 0.786. The van der Waals surface area contributed by atoms with Crippen LogP contribution in [0.4, 0.5) is 5.69 Å². The predicted octanol–water partition coefficient (Wildman–Crippen LogP) is 3.02. The molecule has 1 N–H and O–H groups in total. The van der Waals surface area contributed by atoms with Crippen molar-refractivity contribution in [1.29, 1.82) is 0 Å². The summed E-state index contributed by atoms with van der Waals surface area (Å²) < 4.78 is 4.93. The number of carbonyl (C=O) groups is 2. The molecule has 0 aliphatic heterocycles. The van der Waals surface area contributed by atoms with Gasteiger partial charge in [-0.1, -0.05) is 30.3 Å². The van der Waals surface area contributed by atoms with Crippen LogP contribution < -0.4 is 5.32 Å². The van der Waals surface area contributed by atoms with Crippen LogP contribution in [-0.4, -0.2) is 23.4 Å². The third-order valence-electron chi connectivity index (χ3n) is 3.50. The molecule has 0 saturated heterocycles. The summed E-state index contributed by atoms with van der Waals surface area (Å²) in [5.74, 6) is -0.867. The molecule has 2 rings (SSSR count). The molecule has 2 aromatic carbocycles. The van der Waals surface area contributed by atoms with Crippen molar-refractivity contribution in [2.75, 3.05) is 6.61 Å². The second-order valence-electron chi connectivity index (χ2n) is 5.25. The molecule has 7 nitrogen and oxygen atoms in total. The first-order valence-corrected chi connectivity index (χ1v) is 7.77. The van der Waals surface area contributed by atoms with Crippen molar-refractivity contribution in [3.8, 4) is 0 Å². The van der Waals surface area contributed by atoms with Crippen LogP contribution in [0.1, 0.15) is 35.3 Å². The van der Waals surface area contributed by atoms with Gasteiger partial charge in [0.2, 0.25) is 0 Å². The predicted molar refractivity (Wildman–Crippen MR) is 91.0 cm³/mol. The van der Waals surface area contributed by atoms with Gasteiger partial charge in [-0.2, -0.15) is 0 Å². The van der Waals surface area contributed by atoms with Crippen LogP contribution in [0.3, 0.4) is 0 Å². The lowest BCUT2D eigenvalue weighted by Gasteiger charge is -2.18. The Morgan fingerprint density at radius 2 is 1.88 bits per heavy atom. The van der Waals surface area contributed by atoms with E-state index in [2.05, 4.69) is 5.32 Å². The van der Waals surface area contributed by atoms with E-state index in [9.17, 15) is 19.7 Å². The molecule has 0 aromatic heterocycles. The minimum atomic E-state index is -0.730. The summed E-state index contributed by atoms with van der Waals surface area (Å²) in [4.78, 5) is 34.7. The molecule has 0 aliphatic carbocycles. The highest BCUT2D eigenvalue weighted by Gasteiger charge is 2.21. The smallest absolute Gasteiger partial charge is 0.308 e. The molecule has 2 aromatic rings. The van der Waals surface area contributed by atoms with Crippen molar-refractivity contribution in [3.63, 3.8) is 0 Å². The molecular formula is C18H18N2O5. The number of benzene rings is 2. The van der Waals surface area contributed by atoms with E-state index in [0.717, 1.165) is 0 Å². The first-order valence-electron chi connectivity index (χ1n) is 7.77. The lowest BCUT2D eigenvalue weighted by atomic mass is 10.0. The molecule has 1 amide bonds. The van der Waals surface area contributed by atoms with Crippen molar-refractivity contribution in [2.24, 2.45) is 0 Å². The molecule has 7 heteroatoms. The van der Waals surface area contributed by atoms with E-state index in [-0.39, 0.29) is 24.6 Å². The number of esters is 1. The number of hydrogen-bond acceptors (Lipinski definition) is 5. The van der Waals surface area contributed by atoms with Gasteiger partial charge < -0.3 is 10.1 Å². The zero-order valence-electron chi connectivity index (χ0n) is 13.7. The SMILES string of the molecule is CCOC(=O)C[C@@H](NC(=O)c1ccccc1)c1cccc([N+](=O)[O-])c1. The topological polar surface area (TPSA) is 98.5 Å². The molecule has 0 aliphatic rings. The summed E-state index contributed by atoms with van der Waals surface area (Å²) >= 11 is 0. The van der Waals surface area contributed by atoms with E-state index in [1.54, 1.807) is 43.3 Å². The van der Waals surface area contributed by atoms with Gasteiger partial charge in [0.1, 0.15) is 0 Å². The molecule has 0 unspecified atom stereocenters. The lowest BCUT2D eigenvalue weighted by Crippen LogP contribution is -2.30. The fourth-order valence-electron chi connectivity index (χ4n) is 2.33. The summed E-state index contributed by atoms with van der Waals surface area (Å²) in [5, 5.41) is 13.7. The van der Waals surface area contributed by atoms with Crippen LogP contribution in [0.2, 0.25) is 0 Å². The van der Waals surface area contributed by atoms with Crippen molar-refractivity contribution < 1.29 is 19.2 Å². The molecule has 0 heterocycles. The summed E-state index contributed by atoms with van der Waals surface area (Å²) in [7, 11) is 0. The van der Waals surface area contributed by atoms with E-state index >= 15 is 0 Å². The Bertz CT molecular complexity index is 761. The number of carbonyl (C=O) groups excluding carboxylic acids is 2. The van der Waals surface area contributed by atoms with Gasteiger partial charge in [0, 0.05) is 17.7 Å². The molecule has 0 saturated carbocycles. The van der Waals surface area contributed by atoms with Gasteiger partial charge >= 0.3 is 5.97 Å². The third kappa shape index (κ3) is 5.13. The number of nitrogens with zero attached hydrogens (tertiary/aromatic N) is 1. The third-order valence-corrected chi connectivity index (χ3v) is 3.50. The van der Waals surface area contributed by atoms with Crippen LogP contribution in [0.15, 0.2) is 54.6 Å². The maximum absolute atomic E-state index is 12.4. The molecular weight excluding hydrogens is 324 g/mol. The van der Waals surface area contributed by atoms with Crippen LogP contribution in [0, 0.1) is 10.1 Å². The number of amides is 1. The van der Waals surface area contributed by atoms with Gasteiger partial charge in [-0.05, 0) is 24.6 Å². The maximum atomic E-state index is 12.4. The molecule has 130 valence electrons. The Labute approximate surface area is 144 Å². The van der Waals surface area contributed by atoms with Gasteiger partial charge in [-0.15, -0.1) is 0 Å². The highest BCUT2D eigenvalue weighted by Crippen LogP contribution is 2.23. The maximum Gasteiger partial charge on any atom is 0.308 e. The van der Waals surface area contributed by atoms with Crippen molar-refractivity contribution >= 4 is 17.6 Å². The van der Waals surface area contributed by atoms with E-state index in [1.165, 1.54) is 18.2 Å². The fraction of sp³-hybridized carbons (Fsp3) is 0.222. The second kappa shape index (κ2) is 8.58. The van der Waals surface area contributed by atoms with Gasteiger partial charge in [0.15, 0.2) is 0 Å². The highest BCUT2D eigenvalue weighted by molar-refractivity contribution is 5.94. The zero-order chi connectivity index (χ0) is 18.2. The number of rotatable bonds is 7. The van der Waals surface area contributed by atoms with Crippen molar-refractivity contribution in [3.05, 3.63) is 75.8 Å². The molecule has 0 fully saturated rings. The van der Waals surface area contributed by atoms with Crippen molar-refractivity contribution in [2.45, 2.75) is 19.4 Å². The van der Waals surface area contributed by atoms with Gasteiger partial charge in [-0.3, -0.25) is 19.7 Å². The standard InChI is InChI=1S/C18H18N2O5/c1-2-25-17(21)12-16(14-9-6-10-15(11-14)20(23)24)19-18(22)13-7-4-3-5-8-13/h3-11,16H,2,12H2,1H3,(H,19,22)/t16-/m1/s1. The van der Waals surface area contributed by atoms with Crippen molar-refractivity contribution in [1.82, 2.24) is 5.32 Å². The van der Waals surface area contributed by atoms with Crippen LogP contribution in [0.25, 0.3) is 0 Å². The zero-order valence-corrected chi connectivity index (χ0v) is 13.7. The first-order chi connectivity index (χ1) is 12.0. The average Bonchev–Trinajstić information content (AvgIpc) is 2.62. The molecule has 0 spiro atoms. The Hall–Kier alpha value is -3.22. The normalized spacial score (nSPS) is 11.4. The number of hydrogen-bond donors (Lipinski definition) is 1. The van der Waals surface area contributed by atoms with E-state index in [4.69, 9.17) is 4.74 Å². The van der Waals surface area contributed by atoms with Crippen LogP contribution in [-0.2, 0) is 9.53 Å². The number of ether oxygens (including phenoxy) is 1. The Balaban J connectivity index is 2.26. The second-order valence-corrected chi connectivity index (χ2v) is 5.25. The molecule has 0 radical (unpaired) electrons. The average molecular weight is 342 g/mol. The summed E-state index contributed by atoms with van der Waals surface area (Å²) in [6.07, 6.45) is -0.117. The fourth-order valence-corrected chi connectivity index (χ4v) is 2.33. The minimum Gasteiger partial charge on any atom is -0.466 e. The Morgan fingerprint density at radius 1 is 1.16 bits per heavy atom. The van der Waals surface area contributed by atoms with Gasteiger partial charge in [-0.25, -0.2) is 0 Å². The number of non-ortho nitro benzene ring substituents is 1. The monoisotopic (exact) mass is 342 g/mol. The van der Waals surface area contributed by atoms with E-state index < -0.39 is 16.9 Å². The number of nitro benzene ring substituents is 1. The number of nitrogens with one attached hydrogen (secondary N) is 1.